The molecule has 5 nitrogen and oxygen atoms in total. The molecule has 0 atom stereocenters. The molecule has 1 rings (SSSR count). The Morgan fingerprint density at radius 3 is 2.45 bits per heavy atom. The van der Waals surface area contributed by atoms with Crippen LogP contribution in [0.4, 0.5) is 0 Å². The van der Waals surface area contributed by atoms with Gasteiger partial charge in [0.25, 0.3) is 0 Å². The Kier molecular flexibility index (Phi) is 5.70. The minimum atomic E-state index is -0.777. The second-order valence-electron chi connectivity index (χ2n) is 4.96. The molecular formula is C15H22N2O3. The molecule has 1 amide bonds. The van der Waals surface area contributed by atoms with Crippen molar-refractivity contribution >= 4 is 11.9 Å². The largest absolute Gasteiger partial charge is 0.481 e. The van der Waals surface area contributed by atoms with Gasteiger partial charge in [0.1, 0.15) is 0 Å². The Morgan fingerprint density at radius 1 is 1.30 bits per heavy atom. The highest BCUT2D eigenvalue weighted by molar-refractivity contribution is 5.92. The van der Waals surface area contributed by atoms with Crippen LogP contribution in [0.15, 0.2) is 24.3 Å². The number of amides is 1. The summed E-state index contributed by atoms with van der Waals surface area (Å²) in [5.41, 5.74) is 5.86. The fraction of sp³-hybridized carbons (Fsp3) is 0.467. The van der Waals surface area contributed by atoms with Crippen molar-refractivity contribution in [1.29, 1.82) is 0 Å². The number of nitrogens with two attached hydrogens (primary N) is 1. The third-order valence-electron chi connectivity index (χ3n) is 3.81. The van der Waals surface area contributed by atoms with Crippen LogP contribution in [-0.2, 0) is 11.3 Å². The van der Waals surface area contributed by atoms with Crippen molar-refractivity contribution in [3.8, 4) is 0 Å². The highest BCUT2D eigenvalue weighted by atomic mass is 16.4. The molecule has 110 valence electrons. The molecule has 0 saturated carbocycles. The first kappa shape index (κ1) is 16.2. The van der Waals surface area contributed by atoms with Gasteiger partial charge in [-0.2, -0.15) is 0 Å². The van der Waals surface area contributed by atoms with E-state index in [0.29, 0.717) is 31.5 Å². The van der Waals surface area contributed by atoms with Crippen LogP contribution in [0.2, 0.25) is 0 Å². The first-order valence-corrected chi connectivity index (χ1v) is 6.78. The van der Waals surface area contributed by atoms with E-state index in [9.17, 15) is 14.7 Å². The lowest BCUT2D eigenvalue weighted by atomic mass is 9.82. The molecule has 0 fully saturated rings. The van der Waals surface area contributed by atoms with Gasteiger partial charge >= 0.3 is 5.97 Å². The normalized spacial score (nSPS) is 11.3. The van der Waals surface area contributed by atoms with Crippen molar-refractivity contribution in [2.24, 2.45) is 11.1 Å². The van der Waals surface area contributed by atoms with Crippen LogP contribution in [0.5, 0.6) is 0 Å². The Labute approximate surface area is 119 Å². The van der Waals surface area contributed by atoms with E-state index in [0.717, 1.165) is 5.56 Å². The fourth-order valence-corrected chi connectivity index (χ4v) is 2.16. The van der Waals surface area contributed by atoms with Crippen molar-refractivity contribution in [2.45, 2.75) is 33.2 Å². The van der Waals surface area contributed by atoms with Crippen LogP contribution in [0.1, 0.15) is 42.6 Å². The maximum absolute atomic E-state index is 11.4. The maximum atomic E-state index is 11.4. The predicted molar refractivity (Wildman–Crippen MR) is 77.3 cm³/mol. The molecule has 20 heavy (non-hydrogen) atoms. The van der Waals surface area contributed by atoms with Crippen LogP contribution in [0, 0.1) is 5.41 Å². The summed E-state index contributed by atoms with van der Waals surface area (Å²) in [6, 6.07) is 7.02. The van der Waals surface area contributed by atoms with Gasteiger partial charge in [-0.3, -0.25) is 9.59 Å². The van der Waals surface area contributed by atoms with Crippen LogP contribution in [-0.4, -0.2) is 23.5 Å². The number of aliphatic carboxylic acids is 1. The highest BCUT2D eigenvalue weighted by Crippen LogP contribution is 2.25. The molecule has 0 unspecified atom stereocenters. The first-order chi connectivity index (χ1) is 9.45. The standard InChI is InChI=1S/C15H22N2O3/c1-3-15(4-2,14(19)20)10-17-9-11-6-5-7-12(8-11)13(16)18/h5-8,17H,3-4,9-10H2,1-2H3,(H2,16,18)(H,19,20). The third kappa shape index (κ3) is 3.81. The van der Waals surface area contributed by atoms with Gasteiger partial charge in [0.2, 0.25) is 5.91 Å². The summed E-state index contributed by atoms with van der Waals surface area (Å²) >= 11 is 0. The van der Waals surface area contributed by atoms with Crippen LogP contribution < -0.4 is 11.1 Å². The third-order valence-corrected chi connectivity index (χ3v) is 3.81. The zero-order valence-electron chi connectivity index (χ0n) is 12.0. The van der Waals surface area contributed by atoms with Crippen LogP contribution >= 0.6 is 0 Å². The molecule has 0 bridgehead atoms. The number of nitrogens with one attached hydrogen (secondary N) is 1. The second-order valence-corrected chi connectivity index (χ2v) is 4.96. The summed E-state index contributed by atoms with van der Waals surface area (Å²) in [7, 11) is 0. The predicted octanol–water partition coefficient (Wildman–Crippen LogP) is 1.77. The summed E-state index contributed by atoms with van der Waals surface area (Å²) in [5.74, 6) is -1.24. The van der Waals surface area contributed by atoms with E-state index in [2.05, 4.69) is 5.32 Å². The van der Waals surface area contributed by atoms with Crippen molar-refractivity contribution in [3.05, 3.63) is 35.4 Å². The van der Waals surface area contributed by atoms with E-state index in [1.807, 2.05) is 19.9 Å². The van der Waals surface area contributed by atoms with E-state index >= 15 is 0 Å². The second kappa shape index (κ2) is 7.05. The van der Waals surface area contributed by atoms with Gasteiger partial charge in [-0.05, 0) is 30.5 Å². The van der Waals surface area contributed by atoms with E-state index in [-0.39, 0.29) is 0 Å². The summed E-state index contributed by atoms with van der Waals surface area (Å²) in [6.45, 7) is 4.67. The van der Waals surface area contributed by atoms with E-state index in [4.69, 9.17) is 5.73 Å². The molecule has 0 heterocycles. The van der Waals surface area contributed by atoms with Gasteiger partial charge in [-0.25, -0.2) is 0 Å². The molecule has 0 spiro atoms. The number of carbonyl (C=O) groups excluding carboxylic acids is 1. The Hall–Kier alpha value is -1.88. The number of carboxylic acid groups (broad SMARTS) is 1. The van der Waals surface area contributed by atoms with Crippen molar-refractivity contribution in [3.63, 3.8) is 0 Å². The molecule has 1 aromatic rings. The number of carboxylic acids is 1. The lowest BCUT2D eigenvalue weighted by molar-refractivity contribution is -0.149. The molecule has 5 heteroatoms. The van der Waals surface area contributed by atoms with Gasteiger partial charge in [-0.15, -0.1) is 0 Å². The zero-order valence-corrected chi connectivity index (χ0v) is 12.0. The SMILES string of the molecule is CCC(CC)(CNCc1cccc(C(N)=O)c1)C(=O)O. The lowest BCUT2D eigenvalue weighted by Gasteiger charge is -2.27. The van der Waals surface area contributed by atoms with Crippen molar-refractivity contribution in [2.75, 3.05) is 6.54 Å². The summed E-state index contributed by atoms with van der Waals surface area (Å²) < 4.78 is 0. The molecular weight excluding hydrogens is 256 g/mol. The Balaban J connectivity index is 2.66. The Morgan fingerprint density at radius 2 is 1.95 bits per heavy atom. The summed E-state index contributed by atoms with van der Waals surface area (Å²) in [4.78, 5) is 22.5. The first-order valence-electron chi connectivity index (χ1n) is 6.78. The van der Waals surface area contributed by atoms with Gasteiger partial charge in [0, 0.05) is 18.7 Å². The lowest BCUT2D eigenvalue weighted by Crippen LogP contribution is -2.40. The van der Waals surface area contributed by atoms with E-state index in [1.165, 1.54) is 0 Å². The van der Waals surface area contributed by atoms with Gasteiger partial charge in [0.15, 0.2) is 0 Å². The molecule has 0 saturated heterocycles. The number of primary amides is 1. The molecule has 0 aliphatic heterocycles. The average molecular weight is 278 g/mol. The van der Waals surface area contributed by atoms with Crippen LogP contribution in [0.25, 0.3) is 0 Å². The van der Waals surface area contributed by atoms with Crippen molar-refractivity contribution < 1.29 is 14.7 Å². The number of carbonyl (C=O) groups is 2. The molecule has 0 aromatic heterocycles. The minimum Gasteiger partial charge on any atom is -0.481 e. The van der Waals surface area contributed by atoms with Crippen LogP contribution in [0.3, 0.4) is 0 Å². The highest BCUT2D eigenvalue weighted by Gasteiger charge is 2.34. The smallest absolute Gasteiger partial charge is 0.310 e. The van der Waals surface area contributed by atoms with Crippen molar-refractivity contribution in [1.82, 2.24) is 5.32 Å². The van der Waals surface area contributed by atoms with E-state index < -0.39 is 17.3 Å². The average Bonchev–Trinajstić information content (AvgIpc) is 2.44. The summed E-state index contributed by atoms with van der Waals surface area (Å²) in [5, 5.41) is 12.5. The maximum Gasteiger partial charge on any atom is 0.310 e. The molecule has 1 aromatic carbocycles. The zero-order chi connectivity index (χ0) is 15.2. The number of hydrogen-bond donors (Lipinski definition) is 3. The molecule has 0 aliphatic carbocycles. The van der Waals surface area contributed by atoms with E-state index in [1.54, 1.807) is 18.2 Å². The monoisotopic (exact) mass is 278 g/mol. The van der Waals surface area contributed by atoms with Gasteiger partial charge in [-0.1, -0.05) is 26.0 Å². The molecule has 0 radical (unpaired) electrons. The number of benzene rings is 1. The number of hydrogen-bond acceptors (Lipinski definition) is 3. The molecule has 0 aliphatic rings. The minimum absolute atomic E-state index is 0.399. The quantitative estimate of drug-likeness (QED) is 0.675. The molecule has 4 N–H and O–H groups in total. The van der Waals surface area contributed by atoms with Gasteiger partial charge < -0.3 is 16.2 Å². The number of rotatable bonds is 8. The topological polar surface area (TPSA) is 92.4 Å². The van der Waals surface area contributed by atoms with Gasteiger partial charge in [0.05, 0.1) is 5.41 Å². The summed E-state index contributed by atoms with van der Waals surface area (Å²) in [6.07, 6.45) is 1.15. The Bertz CT molecular complexity index is 482. The fourth-order valence-electron chi connectivity index (χ4n) is 2.16.